The molecule has 0 radical (unpaired) electrons. The van der Waals surface area contributed by atoms with Crippen LogP contribution in [0.1, 0.15) is 23.7 Å². The molecule has 3 rings (SSSR count). The number of carbonyl (C=O) groups excluding carboxylic acids is 2. The highest BCUT2D eigenvalue weighted by molar-refractivity contribution is 7.14. The first-order valence-electron chi connectivity index (χ1n) is 8.98. The minimum atomic E-state index is -0.932. The summed E-state index contributed by atoms with van der Waals surface area (Å²) in [6.07, 6.45) is -0.601. The summed E-state index contributed by atoms with van der Waals surface area (Å²) in [4.78, 5) is 29.3. The van der Waals surface area contributed by atoms with Crippen molar-refractivity contribution in [2.24, 2.45) is 0 Å². The zero-order chi connectivity index (χ0) is 20.8. The number of methoxy groups -OCH3 is 1. The van der Waals surface area contributed by atoms with E-state index in [1.807, 2.05) is 29.6 Å². The molecule has 1 unspecified atom stereocenters. The van der Waals surface area contributed by atoms with Crippen LogP contribution in [0.15, 0.2) is 53.9 Å². The highest BCUT2D eigenvalue weighted by Crippen LogP contribution is 2.32. The molecule has 0 aliphatic carbocycles. The Morgan fingerprint density at radius 3 is 2.59 bits per heavy atom. The predicted molar refractivity (Wildman–Crippen MR) is 113 cm³/mol. The third-order valence-corrected chi connectivity index (χ3v) is 4.93. The molecule has 0 saturated carbocycles. The number of anilines is 2. The van der Waals surface area contributed by atoms with Gasteiger partial charge >= 0.3 is 5.97 Å². The van der Waals surface area contributed by atoms with Gasteiger partial charge in [0.05, 0.1) is 18.4 Å². The maximum absolute atomic E-state index is 12.6. The topological polar surface area (TPSA) is 104 Å². The summed E-state index contributed by atoms with van der Waals surface area (Å²) >= 11 is 1.28. The Balaban J connectivity index is 1.68. The molecule has 0 aliphatic rings. The molecule has 0 aliphatic heterocycles. The number of nitrogens with zero attached hydrogens (tertiary/aromatic N) is 1. The lowest BCUT2D eigenvalue weighted by Crippen LogP contribution is -2.32. The number of thiazole rings is 1. The van der Waals surface area contributed by atoms with Crippen LogP contribution in [0.4, 0.5) is 10.8 Å². The number of para-hydroxylation sites is 1. The number of hydrogen-bond acceptors (Lipinski definition) is 7. The molecular formula is C21H21N3O4S. The SMILES string of the molecule is CCC(OC(=O)c1ccc(N)cc1)C(=O)Nc1nc(-c2ccccc2OC)cs1. The number of aromatic nitrogens is 1. The van der Waals surface area contributed by atoms with Gasteiger partial charge in [-0.05, 0) is 42.8 Å². The van der Waals surface area contributed by atoms with Gasteiger partial charge in [0.25, 0.3) is 5.91 Å². The van der Waals surface area contributed by atoms with Gasteiger partial charge in [-0.25, -0.2) is 9.78 Å². The normalized spacial score (nSPS) is 11.5. The van der Waals surface area contributed by atoms with E-state index in [9.17, 15) is 9.59 Å². The highest BCUT2D eigenvalue weighted by Gasteiger charge is 2.23. The molecule has 1 atom stereocenters. The molecule has 29 heavy (non-hydrogen) atoms. The second-order valence-corrected chi connectivity index (χ2v) is 7.01. The summed E-state index contributed by atoms with van der Waals surface area (Å²) in [5, 5.41) is 4.96. The number of carbonyl (C=O) groups is 2. The minimum absolute atomic E-state index is 0.331. The van der Waals surface area contributed by atoms with Gasteiger partial charge in [0.15, 0.2) is 11.2 Å². The second kappa shape index (κ2) is 9.20. The number of benzene rings is 2. The highest BCUT2D eigenvalue weighted by atomic mass is 32.1. The van der Waals surface area contributed by atoms with Gasteiger partial charge in [-0.3, -0.25) is 10.1 Å². The van der Waals surface area contributed by atoms with Gasteiger partial charge in [-0.15, -0.1) is 11.3 Å². The van der Waals surface area contributed by atoms with Gasteiger partial charge in [0, 0.05) is 16.6 Å². The number of rotatable bonds is 7. The Bertz CT molecular complexity index is 1000. The van der Waals surface area contributed by atoms with Gasteiger partial charge in [0.2, 0.25) is 0 Å². The van der Waals surface area contributed by atoms with Crippen LogP contribution in [-0.4, -0.2) is 30.1 Å². The molecule has 1 aromatic heterocycles. The van der Waals surface area contributed by atoms with E-state index in [-0.39, 0.29) is 0 Å². The van der Waals surface area contributed by atoms with Crippen LogP contribution in [0.25, 0.3) is 11.3 Å². The molecule has 1 amide bonds. The molecule has 3 N–H and O–H groups in total. The van der Waals surface area contributed by atoms with E-state index in [4.69, 9.17) is 15.2 Å². The van der Waals surface area contributed by atoms with Crippen LogP contribution in [0.3, 0.4) is 0 Å². The molecule has 150 valence electrons. The van der Waals surface area contributed by atoms with Crippen molar-refractivity contribution in [3.05, 3.63) is 59.5 Å². The third kappa shape index (κ3) is 4.91. The van der Waals surface area contributed by atoms with Gasteiger partial charge < -0.3 is 15.2 Å². The third-order valence-electron chi connectivity index (χ3n) is 4.18. The standard InChI is InChI=1S/C21H21N3O4S/c1-3-17(28-20(26)13-8-10-14(22)11-9-13)19(25)24-21-23-16(12-29-21)15-6-4-5-7-18(15)27-2/h4-12,17H,3,22H2,1-2H3,(H,23,24,25). The molecule has 0 bridgehead atoms. The van der Waals surface area contributed by atoms with E-state index >= 15 is 0 Å². The fourth-order valence-corrected chi connectivity index (χ4v) is 3.35. The number of esters is 1. The average Bonchev–Trinajstić information content (AvgIpc) is 3.20. The summed E-state index contributed by atoms with van der Waals surface area (Å²) in [5.74, 6) is -0.322. The van der Waals surface area contributed by atoms with Crippen molar-refractivity contribution in [1.82, 2.24) is 4.98 Å². The minimum Gasteiger partial charge on any atom is -0.496 e. The van der Waals surface area contributed by atoms with Crippen LogP contribution in [0.2, 0.25) is 0 Å². The first-order valence-corrected chi connectivity index (χ1v) is 9.86. The van der Waals surface area contributed by atoms with Crippen molar-refractivity contribution in [1.29, 1.82) is 0 Å². The zero-order valence-corrected chi connectivity index (χ0v) is 16.9. The van der Waals surface area contributed by atoms with Gasteiger partial charge in [0.1, 0.15) is 5.75 Å². The molecule has 0 spiro atoms. The second-order valence-electron chi connectivity index (χ2n) is 6.15. The van der Waals surface area contributed by atoms with E-state index in [0.717, 1.165) is 5.56 Å². The smallest absolute Gasteiger partial charge is 0.338 e. The summed E-state index contributed by atoms with van der Waals surface area (Å²) in [6.45, 7) is 1.77. The fraction of sp³-hybridized carbons (Fsp3) is 0.190. The largest absolute Gasteiger partial charge is 0.496 e. The molecule has 0 fully saturated rings. The Kier molecular flexibility index (Phi) is 6.46. The van der Waals surface area contributed by atoms with Crippen LogP contribution >= 0.6 is 11.3 Å². The van der Waals surface area contributed by atoms with Crippen molar-refractivity contribution in [3.8, 4) is 17.0 Å². The number of hydrogen-bond donors (Lipinski definition) is 2. The molecule has 0 saturated heterocycles. The fourth-order valence-electron chi connectivity index (χ4n) is 2.64. The lowest BCUT2D eigenvalue weighted by molar-refractivity contribution is -0.124. The number of nitrogens with two attached hydrogens (primary N) is 1. The molecule has 1 heterocycles. The Labute approximate surface area is 172 Å². The van der Waals surface area contributed by atoms with Crippen LogP contribution < -0.4 is 15.8 Å². The van der Waals surface area contributed by atoms with Crippen molar-refractivity contribution in [3.63, 3.8) is 0 Å². The van der Waals surface area contributed by atoms with Crippen LogP contribution in [-0.2, 0) is 9.53 Å². The number of nitrogens with one attached hydrogen (secondary N) is 1. The Morgan fingerprint density at radius 1 is 1.17 bits per heavy atom. The number of amides is 1. The Hall–Kier alpha value is -3.39. The lowest BCUT2D eigenvalue weighted by Gasteiger charge is -2.15. The average molecular weight is 411 g/mol. The zero-order valence-electron chi connectivity index (χ0n) is 16.0. The van der Waals surface area contributed by atoms with E-state index in [0.29, 0.717) is 34.2 Å². The predicted octanol–water partition coefficient (Wildman–Crippen LogP) is 3.98. The summed E-state index contributed by atoms with van der Waals surface area (Å²) in [5.41, 5.74) is 8.01. The van der Waals surface area contributed by atoms with Gasteiger partial charge in [-0.1, -0.05) is 19.1 Å². The van der Waals surface area contributed by atoms with E-state index < -0.39 is 18.0 Å². The monoisotopic (exact) mass is 411 g/mol. The summed E-state index contributed by atoms with van der Waals surface area (Å²) in [7, 11) is 1.59. The molecule has 7 nitrogen and oxygen atoms in total. The summed E-state index contributed by atoms with van der Waals surface area (Å²) in [6, 6.07) is 13.8. The quantitative estimate of drug-likeness (QED) is 0.450. The maximum Gasteiger partial charge on any atom is 0.338 e. The summed E-state index contributed by atoms with van der Waals surface area (Å²) < 4.78 is 10.7. The number of nitrogen functional groups attached to an aromatic ring is 1. The van der Waals surface area contributed by atoms with Crippen molar-refractivity contribution < 1.29 is 19.1 Å². The maximum atomic E-state index is 12.6. The van der Waals surface area contributed by atoms with Crippen LogP contribution in [0, 0.1) is 0 Å². The number of ether oxygens (including phenoxy) is 2. The first-order chi connectivity index (χ1) is 14.0. The van der Waals surface area contributed by atoms with Crippen LogP contribution in [0.5, 0.6) is 5.75 Å². The van der Waals surface area contributed by atoms with Gasteiger partial charge in [-0.2, -0.15) is 0 Å². The van der Waals surface area contributed by atoms with E-state index in [2.05, 4.69) is 10.3 Å². The lowest BCUT2D eigenvalue weighted by atomic mass is 10.1. The van der Waals surface area contributed by atoms with Crippen molar-refractivity contribution >= 4 is 34.0 Å². The van der Waals surface area contributed by atoms with E-state index in [1.54, 1.807) is 38.3 Å². The van der Waals surface area contributed by atoms with E-state index in [1.165, 1.54) is 11.3 Å². The Morgan fingerprint density at radius 2 is 1.90 bits per heavy atom. The first kappa shape index (κ1) is 20.3. The van der Waals surface area contributed by atoms with Crippen molar-refractivity contribution in [2.45, 2.75) is 19.4 Å². The van der Waals surface area contributed by atoms with Crippen molar-refractivity contribution in [2.75, 3.05) is 18.2 Å². The molecule has 3 aromatic rings. The molecule has 2 aromatic carbocycles. The molecular weight excluding hydrogens is 390 g/mol. The molecule has 8 heteroatoms.